The minimum Gasteiger partial charge on any atom is -0.334 e. The Morgan fingerprint density at radius 3 is 2.37 bits per heavy atom. The van der Waals surface area contributed by atoms with Crippen molar-refractivity contribution < 1.29 is 13.6 Å². The van der Waals surface area contributed by atoms with E-state index < -0.39 is 17.5 Å². The number of halogens is 2. The van der Waals surface area contributed by atoms with E-state index in [0.29, 0.717) is 22.3 Å². The third-order valence-electron chi connectivity index (χ3n) is 4.98. The Kier molecular flexibility index (Phi) is 3.18. The van der Waals surface area contributed by atoms with Crippen molar-refractivity contribution in [2.45, 2.75) is 6.54 Å². The van der Waals surface area contributed by atoms with Gasteiger partial charge >= 0.3 is 0 Å². The lowest BCUT2D eigenvalue weighted by Gasteiger charge is -2.17. The Balaban J connectivity index is 1.91. The van der Waals surface area contributed by atoms with Crippen LogP contribution < -0.4 is 5.43 Å². The fourth-order valence-electron chi connectivity index (χ4n) is 3.74. The molecule has 4 nitrogen and oxygen atoms in total. The molecule has 6 heteroatoms. The summed E-state index contributed by atoms with van der Waals surface area (Å²) in [6.07, 6.45) is 1.58. The smallest absolute Gasteiger partial charge is 0.268 e. The van der Waals surface area contributed by atoms with Gasteiger partial charge in [0.2, 0.25) is 5.43 Å². The van der Waals surface area contributed by atoms with E-state index in [9.17, 15) is 18.4 Å². The molecule has 3 heterocycles. The Morgan fingerprint density at radius 1 is 0.852 bits per heavy atom. The minimum atomic E-state index is -0.675. The average molecular weight is 362 g/mol. The van der Waals surface area contributed by atoms with E-state index in [1.165, 1.54) is 22.8 Å². The fourth-order valence-corrected chi connectivity index (χ4v) is 3.74. The molecule has 1 aliphatic heterocycles. The van der Waals surface area contributed by atoms with Crippen LogP contribution in [0.5, 0.6) is 0 Å². The first-order valence-corrected chi connectivity index (χ1v) is 8.39. The van der Waals surface area contributed by atoms with Crippen LogP contribution in [0.15, 0.2) is 65.6 Å². The first-order valence-electron chi connectivity index (χ1n) is 8.39. The number of benzene rings is 2. The molecule has 0 unspecified atom stereocenters. The second-order valence-electron chi connectivity index (χ2n) is 6.42. The normalized spacial score (nSPS) is 12.4. The molecule has 0 fully saturated rings. The van der Waals surface area contributed by atoms with Crippen LogP contribution in [0.1, 0.15) is 15.9 Å². The van der Waals surface area contributed by atoms with Crippen LogP contribution in [0.2, 0.25) is 0 Å². The van der Waals surface area contributed by atoms with Crippen molar-refractivity contribution in [1.82, 2.24) is 9.13 Å². The summed E-state index contributed by atoms with van der Waals surface area (Å²) in [4.78, 5) is 25.7. The zero-order chi connectivity index (χ0) is 18.7. The van der Waals surface area contributed by atoms with Crippen molar-refractivity contribution in [3.8, 4) is 11.4 Å². The van der Waals surface area contributed by atoms with Gasteiger partial charge in [-0.3, -0.25) is 14.2 Å². The molecule has 0 saturated heterocycles. The SMILES string of the molecule is O=C1c2c(n(Cc3c(F)cccc3F)c3ccccc3c2=O)-c2cccn21. The van der Waals surface area contributed by atoms with Crippen LogP contribution in [-0.2, 0) is 6.54 Å². The van der Waals surface area contributed by atoms with Crippen LogP contribution in [0.4, 0.5) is 8.78 Å². The molecule has 0 bridgehead atoms. The summed E-state index contributed by atoms with van der Waals surface area (Å²) in [5.41, 5.74) is 0.976. The van der Waals surface area contributed by atoms with Crippen LogP contribution >= 0.6 is 0 Å². The van der Waals surface area contributed by atoms with E-state index in [4.69, 9.17) is 0 Å². The van der Waals surface area contributed by atoms with Gasteiger partial charge in [-0.15, -0.1) is 0 Å². The summed E-state index contributed by atoms with van der Waals surface area (Å²) in [5, 5.41) is 0.340. The Hall–Kier alpha value is -3.54. The molecule has 0 atom stereocenters. The summed E-state index contributed by atoms with van der Waals surface area (Å²) in [7, 11) is 0. The first kappa shape index (κ1) is 15.7. The molecular formula is C21H12F2N2O2. The van der Waals surface area contributed by atoms with E-state index in [1.54, 1.807) is 47.2 Å². The highest BCUT2D eigenvalue weighted by Gasteiger charge is 2.33. The average Bonchev–Trinajstić information content (AvgIpc) is 3.24. The molecule has 0 amide bonds. The van der Waals surface area contributed by atoms with E-state index >= 15 is 0 Å². The number of pyridine rings is 1. The van der Waals surface area contributed by atoms with Crippen molar-refractivity contribution in [3.05, 3.63) is 93.8 Å². The van der Waals surface area contributed by atoms with Crippen molar-refractivity contribution in [2.75, 3.05) is 0 Å². The molecular weight excluding hydrogens is 350 g/mol. The van der Waals surface area contributed by atoms with Gasteiger partial charge in [0.25, 0.3) is 5.91 Å². The highest BCUT2D eigenvalue weighted by atomic mass is 19.1. The maximum absolute atomic E-state index is 14.3. The topological polar surface area (TPSA) is 44.0 Å². The quantitative estimate of drug-likeness (QED) is 0.479. The number of hydrogen-bond acceptors (Lipinski definition) is 2. The zero-order valence-electron chi connectivity index (χ0n) is 13.9. The molecule has 0 spiro atoms. The monoisotopic (exact) mass is 362 g/mol. The van der Waals surface area contributed by atoms with Gasteiger partial charge in [-0.05, 0) is 36.4 Å². The van der Waals surface area contributed by atoms with Crippen LogP contribution in [0.3, 0.4) is 0 Å². The van der Waals surface area contributed by atoms with Gasteiger partial charge in [0.1, 0.15) is 17.2 Å². The standard InChI is InChI=1S/C21H12F2N2O2/c22-14-6-3-7-15(23)13(14)11-25-16-8-2-1-5-12(16)20(26)18-19(25)17-9-4-10-24(17)21(18)27/h1-10H,11H2. The molecule has 0 saturated carbocycles. The maximum atomic E-state index is 14.3. The van der Waals surface area contributed by atoms with Crippen LogP contribution in [0.25, 0.3) is 22.3 Å². The Labute approximate surface area is 151 Å². The number of para-hydroxylation sites is 1. The Bertz CT molecular complexity index is 1300. The first-order chi connectivity index (χ1) is 13.1. The number of fused-ring (bicyclic) bond motifs is 4. The molecule has 4 aromatic rings. The molecule has 27 heavy (non-hydrogen) atoms. The van der Waals surface area contributed by atoms with Crippen molar-refractivity contribution >= 4 is 16.8 Å². The van der Waals surface area contributed by atoms with Gasteiger partial charge < -0.3 is 4.57 Å². The summed E-state index contributed by atoms with van der Waals surface area (Å²) in [6, 6.07) is 13.9. The van der Waals surface area contributed by atoms with Gasteiger partial charge in [0.05, 0.1) is 23.4 Å². The number of carbonyl (C=O) groups is 1. The zero-order valence-corrected chi connectivity index (χ0v) is 13.9. The summed E-state index contributed by atoms with van der Waals surface area (Å²) in [6.45, 7) is -0.139. The highest BCUT2D eigenvalue weighted by Crippen LogP contribution is 2.34. The second kappa shape index (κ2) is 5.48. The lowest BCUT2D eigenvalue weighted by atomic mass is 10.1. The van der Waals surface area contributed by atoms with E-state index in [2.05, 4.69) is 0 Å². The number of nitrogens with zero attached hydrogens (tertiary/aromatic N) is 2. The predicted octanol–water partition coefficient (Wildman–Crippen LogP) is 3.80. The maximum Gasteiger partial charge on any atom is 0.268 e. The van der Waals surface area contributed by atoms with Gasteiger partial charge in [-0.2, -0.15) is 0 Å². The summed E-state index contributed by atoms with van der Waals surface area (Å²) >= 11 is 0. The molecule has 0 N–H and O–H groups in total. The van der Waals surface area contributed by atoms with E-state index in [0.717, 1.165) is 0 Å². The molecule has 2 aromatic carbocycles. The van der Waals surface area contributed by atoms with Crippen molar-refractivity contribution in [2.24, 2.45) is 0 Å². The number of rotatable bonds is 2. The molecule has 2 aromatic heterocycles. The van der Waals surface area contributed by atoms with Crippen LogP contribution in [0, 0.1) is 11.6 Å². The minimum absolute atomic E-state index is 0.0287. The van der Waals surface area contributed by atoms with E-state index in [-0.39, 0.29) is 23.1 Å². The molecule has 5 rings (SSSR count). The Morgan fingerprint density at radius 2 is 1.59 bits per heavy atom. The summed E-state index contributed by atoms with van der Waals surface area (Å²) < 4.78 is 31.6. The lowest BCUT2D eigenvalue weighted by Crippen LogP contribution is -2.20. The number of hydrogen-bond donors (Lipinski definition) is 0. The van der Waals surface area contributed by atoms with Gasteiger partial charge in [0, 0.05) is 17.1 Å². The molecule has 0 radical (unpaired) electrons. The van der Waals surface area contributed by atoms with Crippen molar-refractivity contribution in [3.63, 3.8) is 0 Å². The predicted molar refractivity (Wildman–Crippen MR) is 96.8 cm³/mol. The van der Waals surface area contributed by atoms with Gasteiger partial charge in [0.15, 0.2) is 0 Å². The van der Waals surface area contributed by atoms with Crippen LogP contribution in [-0.4, -0.2) is 15.0 Å². The second-order valence-corrected chi connectivity index (χ2v) is 6.42. The molecule has 0 aliphatic carbocycles. The fraction of sp³-hybridized carbons (Fsp3) is 0.0476. The van der Waals surface area contributed by atoms with Gasteiger partial charge in [-0.25, -0.2) is 8.78 Å². The van der Waals surface area contributed by atoms with Crippen molar-refractivity contribution in [1.29, 1.82) is 0 Å². The molecule has 132 valence electrons. The summed E-state index contributed by atoms with van der Waals surface area (Å²) in [5.74, 6) is -1.78. The largest absolute Gasteiger partial charge is 0.334 e. The molecule has 1 aliphatic rings. The highest BCUT2D eigenvalue weighted by molar-refractivity contribution is 6.10. The lowest BCUT2D eigenvalue weighted by molar-refractivity contribution is 0.0968. The van der Waals surface area contributed by atoms with Gasteiger partial charge in [-0.1, -0.05) is 18.2 Å². The number of carbonyl (C=O) groups excluding carboxylic acids is 1. The van der Waals surface area contributed by atoms with E-state index in [1.807, 2.05) is 0 Å². The third kappa shape index (κ3) is 2.07. The number of aromatic nitrogens is 2. The third-order valence-corrected chi connectivity index (χ3v) is 4.98.